The molecule has 8 nitrogen and oxygen atoms in total. The van der Waals surface area contributed by atoms with Crippen molar-refractivity contribution in [2.75, 3.05) is 0 Å². The van der Waals surface area contributed by atoms with Gasteiger partial charge in [-0.15, -0.1) is 0 Å². The van der Waals surface area contributed by atoms with Crippen molar-refractivity contribution in [2.24, 2.45) is 5.10 Å². The summed E-state index contributed by atoms with van der Waals surface area (Å²) in [5.41, 5.74) is 4.55. The first kappa shape index (κ1) is 18.3. The number of benzene rings is 2. The number of amides is 1. The fourth-order valence-electron chi connectivity index (χ4n) is 2.35. The number of aryl methyl sites for hydroxylation is 1. The largest absolute Gasteiger partial charge is 0.271 e. The standard InChI is InChI=1S/C18H14ClN5O3/c1-12-16(17(19)23(22-12)14-5-3-2-4-6-14)11-20-21-18(25)13-7-9-15(10-8-13)24(26)27/h2-11H,1H3,(H,21,25)/b20-11-. The fourth-order valence-corrected chi connectivity index (χ4v) is 2.67. The summed E-state index contributed by atoms with van der Waals surface area (Å²) in [7, 11) is 0. The second-order valence-corrected chi connectivity index (χ2v) is 5.90. The molecular weight excluding hydrogens is 370 g/mol. The summed E-state index contributed by atoms with van der Waals surface area (Å²) in [6.07, 6.45) is 1.41. The van der Waals surface area contributed by atoms with E-state index in [9.17, 15) is 14.9 Å². The predicted molar refractivity (Wildman–Crippen MR) is 101 cm³/mol. The zero-order chi connectivity index (χ0) is 19.4. The first-order valence-corrected chi connectivity index (χ1v) is 8.23. The fraction of sp³-hybridized carbons (Fsp3) is 0.0556. The van der Waals surface area contributed by atoms with Gasteiger partial charge in [-0.1, -0.05) is 29.8 Å². The first-order valence-electron chi connectivity index (χ1n) is 7.86. The van der Waals surface area contributed by atoms with Gasteiger partial charge in [-0.2, -0.15) is 10.2 Å². The number of para-hydroxylation sites is 1. The lowest BCUT2D eigenvalue weighted by atomic mass is 10.2. The Bertz CT molecular complexity index is 1010. The van der Waals surface area contributed by atoms with Crippen LogP contribution in [0, 0.1) is 17.0 Å². The molecule has 0 atom stereocenters. The Morgan fingerprint density at radius 3 is 2.52 bits per heavy atom. The molecule has 9 heteroatoms. The number of nitro groups is 1. The van der Waals surface area contributed by atoms with Crippen LogP contribution in [-0.4, -0.2) is 26.8 Å². The molecule has 3 rings (SSSR count). The molecule has 1 heterocycles. The molecule has 0 aliphatic carbocycles. The lowest BCUT2D eigenvalue weighted by Gasteiger charge is -2.02. The van der Waals surface area contributed by atoms with Crippen molar-refractivity contribution in [3.8, 4) is 5.69 Å². The van der Waals surface area contributed by atoms with E-state index >= 15 is 0 Å². The normalized spacial score (nSPS) is 10.9. The van der Waals surface area contributed by atoms with Crippen LogP contribution in [-0.2, 0) is 0 Å². The van der Waals surface area contributed by atoms with E-state index in [1.165, 1.54) is 30.5 Å². The number of hydrazone groups is 1. The number of carbonyl (C=O) groups excluding carboxylic acids is 1. The summed E-state index contributed by atoms with van der Waals surface area (Å²) in [6.45, 7) is 1.78. The molecule has 0 bridgehead atoms. The number of rotatable bonds is 5. The van der Waals surface area contributed by atoms with Crippen LogP contribution in [0.25, 0.3) is 5.69 Å². The number of non-ortho nitro benzene ring substituents is 1. The lowest BCUT2D eigenvalue weighted by molar-refractivity contribution is -0.384. The second kappa shape index (κ2) is 7.79. The molecule has 0 saturated heterocycles. The molecule has 0 spiro atoms. The number of halogens is 1. The third kappa shape index (κ3) is 4.01. The molecule has 0 aliphatic rings. The van der Waals surface area contributed by atoms with Crippen LogP contribution in [0.4, 0.5) is 5.69 Å². The highest BCUT2D eigenvalue weighted by Gasteiger charge is 2.13. The van der Waals surface area contributed by atoms with Gasteiger partial charge in [0, 0.05) is 17.7 Å². The van der Waals surface area contributed by atoms with E-state index in [2.05, 4.69) is 15.6 Å². The third-order valence-electron chi connectivity index (χ3n) is 3.75. The van der Waals surface area contributed by atoms with Crippen molar-refractivity contribution in [3.63, 3.8) is 0 Å². The van der Waals surface area contributed by atoms with Crippen LogP contribution < -0.4 is 5.43 Å². The monoisotopic (exact) mass is 383 g/mol. The van der Waals surface area contributed by atoms with Gasteiger partial charge in [-0.25, -0.2) is 10.1 Å². The Labute approximate surface area is 159 Å². The van der Waals surface area contributed by atoms with Gasteiger partial charge in [0.1, 0.15) is 5.15 Å². The molecule has 2 aromatic carbocycles. The SMILES string of the molecule is Cc1nn(-c2ccccc2)c(Cl)c1/C=N\NC(=O)c1ccc([N+](=O)[O-])cc1. The highest BCUT2D eigenvalue weighted by atomic mass is 35.5. The minimum atomic E-state index is -0.533. The number of aromatic nitrogens is 2. The van der Waals surface area contributed by atoms with Gasteiger partial charge >= 0.3 is 0 Å². The van der Waals surface area contributed by atoms with Gasteiger partial charge in [-0.05, 0) is 31.2 Å². The Hall–Kier alpha value is -3.52. The third-order valence-corrected chi connectivity index (χ3v) is 4.11. The Morgan fingerprint density at radius 2 is 1.89 bits per heavy atom. The van der Waals surface area contributed by atoms with Crippen molar-refractivity contribution in [3.05, 3.63) is 86.7 Å². The molecule has 27 heavy (non-hydrogen) atoms. The van der Waals surface area contributed by atoms with Crippen molar-refractivity contribution < 1.29 is 9.72 Å². The van der Waals surface area contributed by atoms with E-state index in [0.717, 1.165) is 5.69 Å². The van der Waals surface area contributed by atoms with E-state index in [1.807, 2.05) is 30.3 Å². The molecular formula is C18H14ClN5O3. The molecule has 0 fully saturated rings. The second-order valence-electron chi connectivity index (χ2n) is 5.54. The van der Waals surface area contributed by atoms with Crippen LogP contribution in [0.5, 0.6) is 0 Å². The quantitative estimate of drug-likeness (QED) is 0.413. The number of nitrogens with zero attached hydrogens (tertiary/aromatic N) is 4. The molecule has 3 aromatic rings. The lowest BCUT2D eigenvalue weighted by Crippen LogP contribution is -2.17. The van der Waals surface area contributed by atoms with Crippen molar-refractivity contribution in [1.82, 2.24) is 15.2 Å². The maximum atomic E-state index is 12.1. The van der Waals surface area contributed by atoms with Gasteiger partial charge in [-0.3, -0.25) is 14.9 Å². The molecule has 0 radical (unpaired) electrons. The number of nitrogens with one attached hydrogen (secondary N) is 1. The number of nitro benzene ring substituents is 1. The Balaban J connectivity index is 1.74. The Morgan fingerprint density at radius 1 is 1.22 bits per heavy atom. The number of hydrogen-bond donors (Lipinski definition) is 1. The molecule has 1 amide bonds. The van der Waals surface area contributed by atoms with E-state index in [1.54, 1.807) is 11.6 Å². The Kier molecular flexibility index (Phi) is 5.28. The summed E-state index contributed by atoms with van der Waals surface area (Å²) < 4.78 is 1.58. The van der Waals surface area contributed by atoms with Crippen LogP contribution in [0.15, 0.2) is 59.7 Å². The number of carbonyl (C=O) groups is 1. The molecule has 1 N–H and O–H groups in total. The van der Waals surface area contributed by atoms with Crippen molar-refractivity contribution in [2.45, 2.75) is 6.92 Å². The van der Waals surface area contributed by atoms with E-state index in [0.29, 0.717) is 16.4 Å². The maximum absolute atomic E-state index is 12.1. The minimum Gasteiger partial charge on any atom is -0.267 e. The predicted octanol–water partition coefficient (Wildman–Crippen LogP) is 3.51. The highest BCUT2D eigenvalue weighted by molar-refractivity contribution is 6.32. The summed E-state index contributed by atoms with van der Waals surface area (Å²) in [6, 6.07) is 14.6. The van der Waals surface area contributed by atoms with E-state index < -0.39 is 10.8 Å². The average Bonchev–Trinajstić information content (AvgIpc) is 2.97. The summed E-state index contributed by atoms with van der Waals surface area (Å²) in [5.74, 6) is -0.495. The minimum absolute atomic E-state index is 0.0919. The smallest absolute Gasteiger partial charge is 0.267 e. The maximum Gasteiger partial charge on any atom is 0.271 e. The van der Waals surface area contributed by atoms with Gasteiger partial charge in [0.05, 0.1) is 28.1 Å². The van der Waals surface area contributed by atoms with E-state index in [-0.39, 0.29) is 11.3 Å². The van der Waals surface area contributed by atoms with E-state index in [4.69, 9.17) is 11.6 Å². The van der Waals surface area contributed by atoms with Crippen LogP contribution in [0.1, 0.15) is 21.6 Å². The summed E-state index contributed by atoms with van der Waals surface area (Å²) >= 11 is 6.38. The molecule has 136 valence electrons. The molecule has 0 saturated carbocycles. The van der Waals surface area contributed by atoms with Crippen molar-refractivity contribution in [1.29, 1.82) is 0 Å². The van der Waals surface area contributed by atoms with Gasteiger partial charge < -0.3 is 0 Å². The van der Waals surface area contributed by atoms with Gasteiger partial charge in [0.25, 0.3) is 11.6 Å². The van der Waals surface area contributed by atoms with Gasteiger partial charge in [0.2, 0.25) is 0 Å². The molecule has 0 aliphatic heterocycles. The van der Waals surface area contributed by atoms with Crippen LogP contribution in [0.3, 0.4) is 0 Å². The number of hydrogen-bond acceptors (Lipinski definition) is 5. The zero-order valence-corrected chi connectivity index (χ0v) is 14.9. The van der Waals surface area contributed by atoms with Crippen LogP contribution >= 0.6 is 11.6 Å². The topological polar surface area (TPSA) is 102 Å². The highest BCUT2D eigenvalue weighted by Crippen LogP contribution is 2.21. The molecule has 0 unspecified atom stereocenters. The van der Waals surface area contributed by atoms with Crippen LogP contribution in [0.2, 0.25) is 5.15 Å². The zero-order valence-electron chi connectivity index (χ0n) is 14.2. The average molecular weight is 384 g/mol. The van der Waals surface area contributed by atoms with Gasteiger partial charge in [0.15, 0.2) is 0 Å². The molecule has 1 aromatic heterocycles. The summed E-state index contributed by atoms with van der Waals surface area (Å²) in [5, 5.41) is 19.3. The first-order chi connectivity index (χ1) is 13.0. The van der Waals surface area contributed by atoms with Crippen molar-refractivity contribution >= 4 is 29.4 Å². The summed E-state index contributed by atoms with van der Waals surface area (Å²) in [4.78, 5) is 22.2.